The number of nitrogens with zero attached hydrogens (tertiary/aromatic N) is 1. The number of aryl methyl sites for hydroxylation is 2. The van der Waals surface area contributed by atoms with E-state index in [1.807, 2.05) is 25.1 Å². The van der Waals surface area contributed by atoms with E-state index in [-0.39, 0.29) is 30.8 Å². The van der Waals surface area contributed by atoms with Crippen molar-refractivity contribution in [3.8, 4) is 0 Å². The van der Waals surface area contributed by atoms with Crippen molar-refractivity contribution in [3.63, 3.8) is 0 Å². The van der Waals surface area contributed by atoms with E-state index in [0.29, 0.717) is 21.4 Å². The maximum absolute atomic E-state index is 12.5. The van der Waals surface area contributed by atoms with Gasteiger partial charge in [-0.25, -0.2) is 0 Å². The minimum atomic E-state index is -0.0545. The SMILES string of the molecule is Cc1ccc(CC(=O)Cc2ccc(Cl)c(Cl)c2)cc1CC(=O)c1cnoc1C. The first-order chi connectivity index (χ1) is 13.3. The van der Waals surface area contributed by atoms with Crippen molar-refractivity contribution in [2.45, 2.75) is 33.1 Å². The maximum atomic E-state index is 12.5. The third-order valence-corrected chi connectivity index (χ3v) is 5.34. The first-order valence-corrected chi connectivity index (χ1v) is 9.57. The van der Waals surface area contributed by atoms with Crippen molar-refractivity contribution >= 4 is 34.8 Å². The Hall–Kier alpha value is -2.43. The number of rotatable bonds is 7. The smallest absolute Gasteiger partial charge is 0.172 e. The van der Waals surface area contributed by atoms with Gasteiger partial charge in [-0.2, -0.15) is 0 Å². The van der Waals surface area contributed by atoms with E-state index < -0.39 is 0 Å². The second kappa shape index (κ2) is 8.72. The second-order valence-corrected chi connectivity index (χ2v) is 7.61. The number of aromatic nitrogens is 1. The van der Waals surface area contributed by atoms with E-state index in [0.717, 1.165) is 22.3 Å². The van der Waals surface area contributed by atoms with E-state index in [1.165, 1.54) is 6.20 Å². The molecule has 0 fully saturated rings. The number of halogens is 2. The summed E-state index contributed by atoms with van der Waals surface area (Å²) < 4.78 is 4.97. The highest BCUT2D eigenvalue weighted by molar-refractivity contribution is 6.42. The number of ketones is 2. The van der Waals surface area contributed by atoms with Crippen molar-refractivity contribution in [1.82, 2.24) is 5.16 Å². The molecule has 1 aromatic heterocycles. The summed E-state index contributed by atoms with van der Waals surface area (Å²) in [4.78, 5) is 25.0. The number of benzene rings is 2. The number of hydrogen-bond acceptors (Lipinski definition) is 4. The molecule has 4 nitrogen and oxygen atoms in total. The summed E-state index contributed by atoms with van der Waals surface area (Å²) >= 11 is 11.9. The van der Waals surface area contributed by atoms with Crippen LogP contribution in [0.2, 0.25) is 10.0 Å². The van der Waals surface area contributed by atoms with Gasteiger partial charge in [0.25, 0.3) is 0 Å². The third-order valence-electron chi connectivity index (χ3n) is 4.60. The Morgan fingerprint density at radius 1 is 0.929 bits per heavy atom. The zero-order valence-corrected chi connectivity index (χ0v) is 17.1. The van der Waals surface area contributed by atoms with E-state index in [4.69, 9.17) is 27.7 Å². The standard InChI is InChI=1S/C22H19Cl2NO3/c1-13-3-4-15(7-17(13)11-22(27)19-12-25-28-14(19)2)8-18(26)9-16-5-6-20(23)21(24)10-16/h3-7,10,12H,8-9,11H2,1-2H3. The molecule has 2 aromatic carbocycles. The Morgan fingerprint density at radius 2 is 1.61 bits per heavy atom. The van der Waals surface area contributed by atoms with Gasteiger partial charge >= 0.3 is 0 Å². The van der Waals surface area contributed by atoms with E-state index in [2.05, 4.69) is 5.16 Å². The van der Waals surface area contributed by atoms with Gasteiger partial charge < -0.3 is 4.52 Å². The predicted molar refractivity (Wildman–Crippen MR) is 109 cm³/mol. The highest BCUT2D eigenvalue weighted by Gasteiger charge is 2.15. The Kier molecular flexibility index (Phi) is 6.32. The van der Waals surface area contributed by atoms with Crippen LogP contribution in [-0.4, -0.2) is 16.7 Å². The summed E-state index contributed by atoms with van der Waals surface area (Å²) in [7, 11) is 0. The molecule has 0 aliphatic rings. The monoisotopic (exact) mass is 415 g/mol. The highest BCUT2D eigenvalue weighted by atomic mass is 35.5. The molecule has 0 bridgehead atoms. The summed E-state index contributed by atoms with van der Waals surface area (Å²) in [5, 5.41) is 4.56. The molecule has 0 aliphatic carbocycles. The van der Waals surface area contributed by atoms with Gasteiger partial charge in [0.2, 0.25) is 0 Å². The topological polar surface area (TPSA) is 60.2 Å². The molecule has 1 heterocycles. The molecule has 0 spiro atoms. The van der Waals surface area contributed by atoms with Crippen LogP contribution in [0, 0.1) is 13.8 Å². The van der Waals surface area contributed by atoms with Crippen molar-refractivity contribution in [2.24, 2.45) is 0 Å². The predicted octanol–water partition coefficient (Wildman–Crippen LogP) is 5.38. The summed E-state index contributed by atoms with van der Waals surface area (Å²) in [6, 6.07) is 11.0. The summed E-state index contributed by atoms with van der Waals surface area (Å²) in [6.45, 7) is 3.66. The summed E-state index contributed by atoms with van der Waals surface area (Å²) in [5.41, 5.74) is 4.08. The Labute approximate surface area is 173 Å². The lowest BCUT2D eigenvalue weighted by Crippen LogP contribution is -2.09. The van der Waals surface area contributed by atoms with Gasteiger partial charge in [0.1, 0.15) is 11.5 Å². The number of carbonyl (C=O) groups excluding carboxylic acids is 2. The van der Waals surface area contributed by atoms with Crippen LogP contribution >= 0.6 is 23.2 Å². The summed E-state index contributed by atoms with van der Waals surface area (Å²) in [5.74, 6) is 0.520. The van der Waals surface area contributed by atoms with Gasteiger partial charge in [0.15, 0.2) is 5.78 Å². The van der Waals surface area contributed by atoms with Crippen LogP contribution in [0.3, 0.4) is 0 Å². The van der Waals surface area contributed by atoms with Gasteiger partial charge in [-0.15, -0.1) is 0 Å². The number of hydrogen-bond donors (Lipinski definition) is 0. The van der Waals surface area contributed by atoms with Gasteiger partial charge in [-0.05, 0) is 48.2 Å². The molecular formula is C22H19Cl2NO3. The molecule has 0 aliphatic heterocycles. The fourth-order valence-corrected chi connectivity index (χ4v) is 3.35. The van der Waals surface area contributed by atoms with Crippen molar-refractivity contribution < 1.29 is 14.1 Å². The van der Waals surface area contributed by atoms with Gasteiger partial charge in [-0.1, -0.05) is 52.6 Å². The zero-order valence-electron chi connectivity index (χ0n) is 15.6. The quantitative estimate of drug-likeness (QED) is 0.486. The molecule has 3 aromatic rings. The Bertz CT molecular complexity index is 1040. The first kappa shape index (κ1) is 20.3. The lowest BCUT2D eigenvalue weighted by Gasteiger charge is -2.09. The van der Waals surface area contributed by atoms with Crippen molar-refractivity contribution in [3.05, 3.63) is 86.2 Å². The van der Waals surface area contributed by atoms with E-state index in [1.54, 1.807) is 25.1 Å². The average Bonchev–Trinajstić information content (AvgIpc) is 3.07. The molecule has 0 saturated carbocycles. The van der Waals surface area contributed by atoms with Crippen molar-refractivity contribution in [1.29, 1.82) is 0 Å². The average molecular weight is 416 g/mol. The molecule has 0 unspecified atom stereocenters. The lowest BCUT2D eigenvalue weighted by atomic mass is 9.95. The third kappa shape index (κ3) is 4.89. The molecule has 0 N–H and O–H groups in total. The van der Waals surface area contributed by atoms with E-state index in [9.17, 15) is 9.59 Å². The molecule has 6 heteroatoms. The minimum absolute atomic E-state index is 0.0545. The zero-order chi connectivity index (χ0) is 20.3. The maximum Gasteiger partial charge on any atom is 0.172 e. The number of carbonyl (C=O) groups is 2. The van der Waals surface area contributed by atoms with Crippen LogP contribution in [0.5, 0.6) is 0 Å². The second-order valence-electron chi connectivity index (χ2n) is 6.80. The number of Topliss-reactive ketones (excluding diaryl/α,β-unsaturated/α-hetero) is 2. The Balaban J connectivity index is 1.70. The molecule has 0 amide bonds. The fraction of sp³-hybridized carbons (Fsp3) is 0.227. The van der Waals surface area contributed by atoms with Gasteiger partial charge in [0.05, 0.1) is 21.8 Å². The van der Waals surface area contributed by atoms with Crippen LogP contribution in [0.1, 0.15) is 38.4 Å². The molecule has 0 radical (unpaired) electrons. The van der Waals surface area contributed by atoms with Crippen LogP contribution in [0.25, 0.3) is 0 Å². The fourth-order valence-electron chi connectivity index (χ4n) is 3.03. The van der Waals surface area contributed by atoms with Crippen molar-refractivity contribution in [2.75, 3.05) is 0 Å². The molecule has 144 valence electrons. The van der Waals surface area contributed by atoms with Crippen LogP contribution in [0.15, 0.2) is 47.1 Å². The molecule has 3 rings (SSSR count). The van der Waals surface area contributed by atoms with Crippen LogP contribution in [-0.2, 0) is 24.1 Å². The highest BCUT2D eigenvalue weighted by Crippen LogP contribution is 2.23. The van der Waals surface area contributed by atoms with E-state index >= 15 is 0 Å². The van der Waals surface area contributed by atoms with Gasteiger partial charge in [0, 0.05) is 19.3 Å². The minimum Gasteiger partial charge on any atom is -0.361 e. The molecule has 0 atom stereocenters. The van der Waals surface area contributed by atoms with Crippen LogP contribution in [0.4, 0.5) is 0 Å². The first-order valence-electron chi connectivity index (χ1n) is 8.82. The van der Waals surface area contributed by atoms with Crippen LogP contribution < -0.4 is 0 Å². The largest absolute Gasteiger partial charge is 0.361 e. The normalized spacial score (nSPS) is 10.9. The molecule has 0 saturated heterocycles. The lowest BCUT2D eigenvalue weighted by molar-refractivity contribution is -0.117. The molecular weight excluding hydrogens is 397 g/mol. The Morgan fingerprint density at radius 3 is 2.25 bits per heavy atom. The summed E-state index contributed by atoms with van der Waals surface area (Å²) in [6.07, 6.45) is 2.24. The van der Waals surface area contributed by atoms with Gasteiger partial charge in [-0.3, -0.25) is 9.59 Å². The molecule has 28 heavy (non-hydrogen) atoms.